The highest BCUT2D eigenvalue weighted by Crippen LogP contribution is 2.15. The van der Waals surface area contributed by atoms with E-state index >= 15 is 0 Å². The average molecular weight is 441 g/mol. The molecule has 0 radical (unpaired) electrons. The fourth-order valence-corrected chi connectivity index (χ4v) is 3.08. The molecule has 0 unspecified atom stereocenters. The molecule has 33 heavy (non-hydrogen) atoms. The van der Waals surface area contributed by atoms with Crippen molar-refractivity contribution in [3.63, 3.8) is 0 Å². The summed E-state index contributed by atoms with van der Waals surface area (Å²) in [4.78, 5) is 21.0. The Kier molecular flexibility index (Phi) is 8.75. The first-order chi connectivity index (χ1) is 16.0. The summed E-state index contributed by atoms with van der Waals surface area (Å²) in [6, 6.07) is 22.8. The Bertz CT molecular complexity index is 1090. The molecule has 0 atom stereocenters. The summed E-state index contributed by atoms with van der Waals surface area (Å²) in [6.07, 6.45) is 5.15. The van der Waals surface area contributed by atoms with Crippen LogP contribution in [0.15, 0.2) is 79.0 Å². The first-order valence-corrected chi connectivity index (χ1v) is 10.8. The van der Waals surface area contributed by atoms with Gasteiger partial charge in [-0.05, 0) is 67.7 Å². The van der Waals surface area contributed by atoms with Crippen LogP contribution in [0.1, 0.15) is 22.4 Å². The normalized spacial score (nSPS) is 10.8. The van der Waals surface area contributed by atoms with Gasteiger partial charge in [0.05, 0.1) is 17.3 Å². The lowest BCUT2D eigenvalue weighted by molar-refractivity contribution is -0.126. The van der Waals surface area contributed by atoms with Gasteiger partial charge in [0.2, 0.25) is 5.91 Å². The summed E-state index contributed by atoms with van der Waals surface area (Å²) in [7, 11) is 3.97. The molecule has 1 aromatic heterocycles. The third kappa shape index (κ3) is 7.91. The van der Waals surface area contributed by atoms with Gasteiger partial charge in [-0.2, -0.15) is 5.26 Å². The molecule has 168 valence electrons. The summed E-state index contributed by atoms with van der Waals surface area (Å²) in [5.41, 5.74) is 3.38. The molecule has 0 aliphatic heterocycles. The van der Waals surface area contributed by atoms with Gasteiger partial charge in [0.1, 0.15) is 12.4 Å². The van der Waals surface area contributed by atoms with Gasteiger partial charge in [-0.25, -0.2) is 0 Å². The third-order valence-corrected chi connectivity index (χ3v) is 5.00. The van der Waals surface area contributed by atoms with E-state index < -0.39 is 0 Å². The summed E-state index contributed by atoms with van der Waals surface area (Å²) >= 11 is 0. The number of pyridine rings is 1. The van der Waals surface area contributed by atoms with Crippen molar-refractivity contribution in [2.45, 2.75) is 13.2 Å². The maximum Gasteiger partial charge on any atom is 0.246 e. The predicted octanol–water partition coefficient (Wildman–Crippen LogP) is 4.14. The molecule has 3 aromatic rings. The molecular formula is C27H28N4O2. The molecule has 2 aromatic carbocycles. The van der Waals surface area contributed by atoms with Gasteiger partial charge in [-0.3, -0.25) is 9.78 Å². The van der Waals surface area contributed by atoms with Crippen molar-refractivity contribution in [3.05, 3.63) is 101 Å². The van der Waals surface area contributed by atoms with Crippen LogP contribution in [0.3, 0.4) is 0 Å². The van der Waals surface area contributed by atoms with Crippen LogP contribution in [-0.4, -0.2) is 47.9 Å². The predicted molar refractivity (Wildman–Crippen MR) is 129 cm³/mol. The summed E-state index contributed by atoms with van der Waals surface area (Å²) < 4.78 is 5.76. The van der Waals surface area contributed by atoms with E-state index in [0.29, 0.717) is 25.3 Å². The van der Waals surface area contributed by atoms with E-state index in [1.54, 1.807) is 24.4 Å². The van der Waals surface area contributed by atoms with E-state index in [2.05, 4.69) is 11.1 Å². The molecule has 6 heteroatoms. The number of hydrogen-bond donors (Lipinski definition) is 0. The maximum atomic E-state index is 12.9. The molecule has 0 N–H and O–H groups in total. The highest BCUT2D eigenvalue weighted by molar-refractivity contribution is 5.91. The molecule has 1 amide bonds. The number of nitrogens with zero attached hydrogens (tertiary/aromatic N) is 4. The number of carbonyl (C=O) groups is 1. The second-order valence-corrected chi connectivity index (χ2v) is 7.88. The van der Waals surface area contributed by atoms with E-state index in [0.717, 1.165) is 29.1 Å². The molecule has 0 aliphatic rings. The Balaban J connectivity index is 1.60. The maximum absolute atomic E-state index is 12.9. The van der Waals surface area contributed by atoms with Crippen molar-refractivity contribution in [1.82, 2.24) is 14.8 Å². The third-order valence-electron chi connectivity index (χ3n) is 5.00. The van der Waals surface area contributed by atoms with Crippen molar-refractivity contribution in [3.8, 4) is 11.8 Å². The van der Waals surface area contributed by atoms with Crippen molar-refractivity contribution >= 4 is 12.0 Å². The van der Waals surface area contributed by atoms with Crippen LogP contribution < -0.4 is 4.74 Å². The number of benzene rings is 2. The van der Waals surface area contributed by atoms with Crippen LogP contribution in [0.25, 0.3) is 6.08 Å². The lowest BCUT2D eigenvalue weighted by Gasteiger charge is -2.23. The lowest BCUT2D eigenvalue weighted by Crippen LogP contribution is -2.35. The van der Waals surface area contributed by atoms with Crippen LogP contribution in [0, 0.1) is 11.3 Å². The molecule has 3 rings (SSSR count). The molecular weight excluding hydrogens is 412 g/mol. The number of nitriles is 1. The molecule has 0 saturated carbocycles. The standard InChI is InChI=1S/C27H28N4O2/c1-30(2)17-18-31(20-24-8-6-23(19-28)7-9-24)27(32)15-12-22-10-13-26(14-11-22)33-21-25-5-3-4-16-29-25/h3-16H,17-18,20-21H2,1-2H3. The van der Waals surface area contributed by atoms with Crippen LogP contribution in [-0.2, 0) is 17.9 Å². The highest BCUT2D eigenvalue weighted by Gasteiger charge is 2.12. The van der Waals surface area contributed by atoms with Crippen molar-refractivity contribution < 1.29 is 9.53 Å². The van der Waals surface area contributed by atoms with Crippen molar-refractivity contribution in [1.29, 1.82) is 5.26 Å². The Hall–Kier alpha value is -3.95. The fraction of sp³-hybridized carbons (Fsp3) is 0.222. The van der Waals surface area contributed by atoms with Gasteiger partial charge in [0.25, 0.3) is 0 Å². The Morgan fingerprint density at radius 2 is 1.79 bits per heavy atom. The number of aromatic nitrogens is 1. The van der Waals surface area contributed by atoms with Gasteiger partial charge in [-0.1, -0.05) is 30.3 Å². The number of amides is 1. The van der Waals surface area contributed by atoms with Crippen LogP contribution in [0.2, 0.25) is 0 Å². The molecule has 1 heterocycles. The first-order valence-electron chi connectivity index (χ1n) is 10.8. The number of likely N-dealkylation sites (N-methyl/N-ethyl adjacent to an activating group) is 1. The van der Waals surface area contributed by atoms with Crippen molar-refractivity contribution in [2.24, 2.45) is 0 Å². The molecule has 6 nitrogen and oxygen atoms in total. The minimum absolute atomic E-state index is 0.0586. The SMILES string of the molecule is CN(C)CCN(Cc1ccc(C#N)cc1)C(=O)C=Cc1ccc(OCc2ccccn2)cc1. The smallest absolute Gasteiger partial charge is 0.246 e. The molecule has 0 fully saturated rings. The van der Waals surface area contributed by atoms with Crippen LogP contribution in [0.4, 0.5) is 0 Å². The number of rotatable bonds is 10. The highest BCUT2D eigenvalue weighted by atomic mass is 16.5. The van der Waals surface area contributed by atoms with E-state index in [1.807, 2.05) is 84.6 Å². The fourth-order valence-electron chi connectivity index (χ4n) is 3.08. The van der Waals surface area contributed by atoms with Crippen LogP contribution in [0.5, 0.6) is 5.75 Å². The lowest BCUT2D eigenvalue weighted by atomic mass is 10.1. The summed E-state index contributed by atoms with van der Waals surface area (Å²) in [5, 5.41) is 8.98. The number of carbonyl (C=O) groups excluding carboxylic acids is 1. The zero-order valence-electron chi connectivity index (χ0n) is 19.0. The van der Waals surface area contributed by atoms with Gasteiger partial charge in [-0.15, -0.1) is 0 Å². The van der Waals surface area contributed by atoms with Gasteiger partial charge >= 0.3 is 0 Å². The quantitative estimate of drug-likeness (QED) is 0.443. The van der Waals surface area contributed by atoms with E-state index in [1.165, 1.54) is 0 Å². The minimum atomic E-state index is -0.0586. The van der Waals surface area contributed by atoms with Crippen LogP contribution >= 0.6 is 0 Å². The molecule has 0 saturated heterocycles. The Labute approximate surface area is 195 Å². The number of ether oxygens (including phenoxy) is 1. The Morgan fingerprint density at radius 3 is 2.42 bits per heavy atom. The largest absolute Gasteiger partial charge is 0.487 e. The van der Waals surface area contributed by atoms with Gasteiger partial charge in [0.15, 0.2) is 0 Å². The summed E-state index contributed by atoms with van der Waals surface area (Å²) in [5.74, 6) is 0.689. The van der Waals surface area contributed by atoms with Crippen molar-refractivity contribution in [2.75, 3.05) is 27.2 Å². The monoisotopic (exact) mass is 440 g/mol. The second kappa shape index (κ2) is 12.2. The second-order valence-electron chi connectivity index (χ2n) is 7.88. The molecule has 0 spiro atoms. The topological polar surface area (TPSA) is 69.5 Å². The first kappa shape index (κ1) is 23.7. The zero-order valence-corrected chi connectivity index (χ0v) is 19.0. The molecule has 0 aliphatic carbocycles. The minimum Gasteiger partial charge on any atom is -0.487 e. The van der Waals surface area contributed by atoms with E-state index in [-0.39, 0.29) is 5.91 Å². The zero-order chi connectivity index (χ0) is 23.5. The number of hydrogen-bond acceptors (Lipinski definition) is 5. The van der Waals surface area contributed by atoms with E-state index in [9.17, 15) is 4.79 Å². The molecule has 0 bridgehead atoms. The van der Waals surface area contributed by atoms with Gasteiger partial charge in [0, 0.05) is 31.9 Å². The van der Waals surface area contributed by atoms with Gasteiger partial charge < -0.3 is 14.5 Å². The Morgan fingerprint density at radius 1 is 1.03 bits per heavy atom. The van der Waals surface area contributed by atoms with E-state index in [4.69, 9.17) is 10.00 Å². The average Bonchev–Trinajstić information content (AvgIpc) is 2.85. The summed E-state index contributed by atoms with van der Waals surface area (Å²) in [6.45, 7) is 2.27.